The van der Waals surface area contributed by atoms with Crippen LogP contribution >= 0.6 is 0 Å². The number of phenolic OH excluding ortho intramolecular Hbond substituents is 1. The monoisotopic (exact) mass is 488 g/mol. The number of hydrogen-bond acceptors (Lipinski definition) is 8. The summed E-state index contributed by atoms with van der Waals surface area (Å²) in [5, 5.41) is 44.0. The van der Waals surface area contributed by atoms with Gasteiger partial charge < -0.3 is 20.4 Å². The van der Waals surface area contributed by atoms with Gasteiger partial charge in [0.05, 0.1) is 5.56 Å². The molecule has 3 aliphatic carbocycles. The van der Waals surface area contributed by atoms with Gasteiger partial charge in [-0.3, -0.25) is 19.2 Å². The largest absolute Gasteiger partial charge is 0.508 e. The van der Waals surface area contributed by atoms with Gasteiger partial charge in [-0.1, -0.05) is 24.3 Å². The zero-order valence-corrected chi connectivity index (χ0v) is 19.7. The van der Waals surface area contributed by atoms with Crippen LogP contribution in [0.3, 0.4) is 0 Å². The fourth-order valence-corrected chi connectivity index (χ4v) is 5.91. The molecular weight excluding hydrogens is 464 g/mol. The van der Waals surface area contributed by atoms with E-state index in [0.717, 1.165) is 6.92 Å². The Hall–Kier alpha value is -4.04. The Morgan fingerprint density at radius 2 is 1.69 bits per heavy atom. The molecule has 0 aliphatic heterocycles. The molecule has 3 aliphatic rings. The van der Waals surface area contributed by atoms with Crippen LogP contribution in [-0.2, 0) is 20.8 Å². The molecular formula is C28H24O8. The van der Waals surface area contributed by atoms with Crippen molar-refractivity contribution in [3.63, 3.8) is 0 Å². The lowest BCUT2D eigenvalue weighted by Gasteiger charge is -2.46. The van der Waals surface area contributed by atoms with Crippen molar-refractivity contribution in [2.24, 2.45) is 11.8 Å². The maximum atomic E-state index is 13.6. The number of fused-ring (bicyclic) bond motifs is 3. The number of rotatable bonds is 3. The molecule has 1 fully saturated rings. The second kappa shape index (κ2) is 7.99. The quantitative estimate of drug-likeness (QED) is 0.379. The maximum absolute atomic E-state index is 13.6. The molecule has 36 heavy (non-hydrogen) atoms. The van der Waals surface area contributed by atoms with E-state index in [1.54, 1.807) is 30.3 Å². The number of allylic oxidation sites excluding steroid dienone is 1. The second-order valence-electron chi connectivity index (χ2n) is 9.72. The smallest absolute Gasteiger partial charge is 0.202 e. The molecule has 5 rings (SSSR count). The van der Waals surface area contributed by atoms with Gasteiger partial charge in [0.2, 0.25) is 5.78 Å². The minimum atomic E-state index is -2.52. The predicted octanol–water partition coefficient (Wildman–Crippen LogP) is 3.40. The lowest BCUT2D eigenvalue weighted by atomic mass is 9.59. The number of phenols is 1. The highest BCUT2D eigenvalue weighted by atomic mass is 16.3. The topological polar surface area (TPSA) is 149 Å². The Balaban J connectivity index is 1.70. The summed E-state index contributed by atoms with van der Waals surface area (Å²) >= 11 is 0. The summed E-state index contributed by atoms with van der Waals surface area (Å²) in [6.45, 7) is 2.52. The fourth-order valence-electron chi connectivity index (χ4n) is 5.91. The van der Waals surface area contributed by atoms with Crippen molar-refractivity contribution in [2.75, 3.05) is 0 Å². The fraction of sp³-hybridized carbons (Fsp3) is 0.286. The van der Waals surface area contributed by atoms with Crippen LogP contribution in [-0.4, -0.2) is 49.2 Å². The minimum Gasteiger partial charge on any atom is -0.508 e. The van der Waals surface area contributed by atoms with Crippen molar-refractivity contribution in [3.8, 4) is 16.9 Å². The third-order valence-electron chi connectivity index (χ3n) is 7.63. The molecule has 8 nitrogen and oxygen atoms in total. The molecule has 0 saturated heterocycles. The van der Waals surface area contributed by atoms with Crippen LogP contribution in [0, 0.1) is 11.8 Å². The Bertz CT molecular complexity index is 1460. The molecule has 0 amide bonds. The zero-order valence-electron chi connectivity index (χ0n) is 19.7. The number of benzene rings is 2. The molecule has 3 atom stereocenters. The number of Topliss-reactive ketones (excluding diaryl/α,β-unsaturated/α-hetero) is 4. The van der Waals surface area contributed by atoms with Gasteiger partial charge in [0.1, 0.15) is 22.8 Å². The first-order valence-electron chi connectivity index (χ1n) is 11.6. The SMILES string of the molecule is CC(=O)C1=C(O)[C@@]2(O)C(=O)C3=C(O)c4c(O)ccc(-c5cccc(C(C)=O)c5)c4C[C@H]3C[C@H]2CC1=O. The lowest BCUT2D eigenvalue weighted by molar-refractivity contribution is -0.147. The maximum Gasteiger partial charge on any atom is 0.202 e. The van der Waals surface area contributed by atoms with E-state index in [1.165, 1.54) is 13.0 Å². The molecule has 184 valence electrons. The summed E-state index contributed by atoms with van der Waals surface area (Å²) < 4.78 is 0. The number of carbonyl (C=O) groups is 4. The third-order valence-corrected chi connectivity index (χ3v) is 7.63. The lowest BCUT2D eigenvalue weighted by Crippen LogP contribution is -2.57. The highest BCUT2D eigenvalue weighted by molar-refractivity contribution is 6.23. The van der Waals surface area contributed by atoms with Crippen molar-refractivity contribution < 1.29 is 39.6 Å². The summed E-state index contributed by atoms with van der Waals surface area (Å²) in [4.78, 5) is 50.0. The Labute approximate surface area is 206 Å². The van der Waals surface area contributed by atoms with E-state index in [-0.39, 0.29) is 41.9 Å². The van der Waals surface area contributed by atoms with Gasteiger partial charge in [-0.15, -0.1) is 0 Å². The van der Waals surface area contributed by atoms with E-state index in [9.17, 15) is 39.6 Å². The number of aliphatic hydroxyl groups is 3. The van der Waals surface area contributed by atoms with Crippen molar-refractivity contribution in [2.45, 2.75) is 38.7 Å². The van der Waals surface area contributed by atoms with Crippen LogP contribution < -0.4 is 0 Å². The number of hydrogen-bond donors (Lipinski definition) is 4. The summed E-state index contributed by atoms with van der Waals surface area (Å²) in [7, 11) is 0. The zero-order chi connectivity index (χ0) is 26.1. The van der Waals surface area contributed by atoms with Crippen molar-refractivity contribution in [3.05, 3.63) is 70.0 Å². The van der Waals surface area contributed by atoms with Gasteiger partial charge in [0.15, 0.2) is 23.0 Å². The van der Waals surface area contributed by atoms with E-state index in [4.69, 9.17) is 0 Å². The third kappa shape index (κ3) is 3.18. The molecule has 4 N–H and O–H groups in total. The van der Waals surface area contributed by atoms with Crippen LogP contribution in [0.1, 0.15) is 48.2 Å². The second-order valence-corrected chi connectivity index (χ2v) is 9.72. The summed E-state index contributed by atoms with van der Waals surface area (Å²) in [5.41, 5.74) is -0.847. The first kappa shape index (κ1) is 23.7. The van der Waals surface area contributed by atoms with Crippen molar-refractivity contribution in [1.82, 2.24) is 0 Å². The van der Waals surface area contributed by atoms with Gasteiger partial charge >= 0.3 is 0 Å². The number of carbonyl (C=O) groups excluding carboxylic acids is 4. The highest BCUT2D eigenvalue weighted by Crippen LogP contribution is 2.53. The Morgan fingerprint density at radius 3 is 2.36 bits per heavy atom. The first-order valence-corrected chi connectivity index (χ1v) is 11.6. The van der Waals surface area contributed by atoms with E-state index in [2.05, 4.69) is 0 Å². The average Bonchev–Trinajstić information content (AvgIpc) is 2.81. The number of ketones is 4. The van der Waals surface area contributed by atoms with E-state index >= 15 is 0 Å². The van der Waals surface area contributed by atoms with Gasteiger partial charge in [-0.25, -0.2) is 0 Å². The summed E-state index contributed by atoms with van der Waals surface area (Å²) in [6.07, 6.45) is -0.00385. The standard InChI is InChI=1S/C28H24O8/c1-12(29)14-4-3-5-15(8-14)18-6-7-20(31)24-19(18)10-16-9-17-11-21(32)22(13(2)30)26(34)28(17,36)27(35)23(16)25(24)33/h3-8,16-17,31,33-34,36H,9-11H2,1-2H3/t16-,17+,28-/m1/s1. The normalized spacial score (nSPS) is 25.3. The molecule has 0 aromatic heterocycles. The van der Waals surface area contributed by atoms with Crippen LogP contribution in [0.4, 0.5) is 0 Å². The van der Waals surface area contributed by atoms with E-state index in [0.29, 0.717) is 22.3 Å². The molecule has 1 saturated carbocycles. The van der Waals surface area contributed by atoms with Crippen LogP contribution in [0.2, 0.25) is 0 Å². The molecule has 0 spiro atoms. The van der Waals surface area contributed by atoms with Crippen LogP contribution in [0.15, 0.2) is 53.3 Å². The van der Waals surface area contributed by atoms with Gasteiger partial charge in [0.25, 0.3) is 0 Å². The Morgan fingerprint density at radius 1 is 0.972 bits per heavy atom. The van der Waals surface area contributed by atoms with Crippen molar-refractivity contribution >= 4 is 28.9 Å². The molecule has 0 bridgehead atoms. The van der Waals surface area contributed by atoms with Crippen LogP contribution in [0.5, 0.6) is 5.75 Å². The van der Waals surface area contributed by atoms with Gasteiger partial charge in [-0.2, -0.15) is 0 Å². The van der Waals surface area contributed by atoms with Crippen molar-refractivity contribution in [1.29, 1.82) is 0 Å². The molecule has 2 aromatic rings. The van der Waals surface area contributed by atoms with Crippen LogP contribution in [0.25, 0.3) is 16.9 Å². The van der Waals surface area contributed by atoms with E-state index < -0.39 is 51.9 Å². The van der Waals surface area contributed by atoms with Gasteiger partial charge in [-0.05, 0) is 61.4 Å². The van der Waals surface area contributed by atoms with Gasteiger partial charge in [0, 0.05) is 23.5 Å². The molecule has 2 aromatic carbocycles. The average molecular weight is 488 g/mol. The number of aromatic hydroxyl groups is 1. The first-order chi connectivity index (χ1) is 17.0. The highest BCUT2D eigenvalue weighted by Gasteiger charge is 2.60. The van der Waals surface area contributed by atoms with E-state index in [1.807, 2.05) is 0 Å². The number of aliphatic hydroxyl groups excluding tert-OH is 2. The summed E-state index contributed by atoms with van der Waals surface area (Å²) in [5.74, 6) is -5.87. The Kier molecular flexibility index (Phi) is 5.26. The predicted molar refractivity (Wildman–Crippen MR) is 128 cm³/mol. The molecule has 0 heterocycles. The molecule has 0 unspecified atom stereocenters. The molecule has 8 heteroatoms. The molecule has 0 radical (unpaired) electrons. The summed E-state index contributed by atoms with van der Waals surface area (Å²) in [6, 6.07) is 9.97. The minimum absolute atomic E-state index is 0.0320.